The van der Waals surface area contributed by atoms with Crippen molar-refractivity contribution in [3.05, 3.63) is 53.4 Å². The molecule has 2 aliphatic heterocycles. The summed E-state index contributed by atoms with van der Waals surface area (Å²) in [4.78, 5) is 41.8. The second-order valence-corrected chi connectivity index (χ2v) is 7.59. The molecule has 1 fully saturated rings. The smallest absolute Gasteiger partial charge is 0.257 e. The molecule has 0 unspecified atom stereocenters. The van der Waals surface area contributed by atoms with Gasteiger partial charge in [-0.05, 0) is 42.5 Å². The Morgan fingerprint density at radius 1 is 1.00 bits per heavy atom. The van der Waals surface area contributed by atoms with E-state index >= 15 is 0 Å². The lowest BCUT2D eigenvalue weighted by Gasteiger charge is -2.13. The molecule has 3 heterocycles. The first-order valence-corrected chi connectivity index (χ1v) is 10.1. The fraction of sp³-hybridized carbons (Fsp3) is 0.143. The molecule has 5 rings (SSSR count). The number of ether oxygens (including phenoxy) is 2. The van der Waals surface area contributed by atoms with E-state index in [0.717, 1.165) is 16.2 Å². The average molecular weight is 421 g/mol. The number of thiazole rings is 1. The van der Waals surface area contributed by atoms with Gasteiger partial charge in [0.15, 0.2) is 16.6 Å². The monoisotopic (exact) mass is 421 g/mol. The molecular formula is C21H15N3O5S. The number of anilines is 2. The van der Waals surface area contributed by atoms with Gasteiger partial charge in [-0.15, -0.1) is 11.3 Å². The predicted molar refractivity (Wildman–Crippen MR) is 110 cm³/mol. The molecule has 9 heteroatoms. The van der Waals surface area contributed by atoms with Crippen LogP contribution in [0.1, 0.15) is 23.2 Å². The van der Waals surface area contributed by atoms with Crippen molar-refractivity contribution >= 4 is 39.9 Å². The van der Waals surface area contributed by atoms with Crippen LogP contribution in [-0.2, 0) is 9.59 Å². The first kappa shape index (κ1) is 18.3. The van der Waals surface area contributed by atoms with Crippen LogP contribution in [0.25, 0.3) is 11.3 Å². The third-order valence-corrected chi connectivity index (χ3v) is 5.59. The number of aromatic nitrogens is 1. The van der Waals surface area contributed by atoms with Crippen molar-refractivity contribution in [1.29, 1.82) is 0 Å². The standard InChI is InChI=1S/C21H15N3O5S/c25-18-7-8-19(26)24(18)14-4-1-12(2-5-14)20(27)23-21-22-15(10-30-21)13-3-6-16-17(9-13)29-11-28-16/h1-6,9-10H,7-8,11H2,(H,22,23,27). The second-order valence-electron chi connectivity index (χ2n) is 6.73. The summed E-state index contributed by atoms with van der Waals surface area (Å²) < 4.78 is 10.7. The number of benzene rings is 2. The Balaban J connectivity index is 1.29. The van der Waals surface area contributed by atoms with Gasteiger partial charge in [0.1, 0.15) is 0 Å². The zero-order chi connectivity index (χ0) is 20.7. The molecule has 0 atom stereocenters. The van der Waals surface area contributed by atoms with Gasteiger partial charge in [-0.2, -0.15) is 0 Å². The number of carbonyl (C=O) groups is 3. The Morgan fingerprint density at radius 2 is 1.73 bits per heavy atom. The maximum atomic E-state index is 12.5. The second kappa shape index (κ2) is 7.27. The Hall–Kier alpha value is -3.72. The third kappa shape index (κ3) is 3.29. The maximum absolute atomic E-state index is 12.5. The van der Waals surface area contributed by atoms with Gasteiger partial charge in [0.25, 0.3) is 5.91 Å². The van der Waals surface area contributed by atoms with Crippen LogP contribution in [0.3, 0.4) is 0 Å². The van der Waals surface area contributed by atoms with Crippen LogP contribution in [0.4, 0.5) is 10.8 Å². The van der Waals surface area contributed by atoms with E-state index < -0.39 is 0 Å². The lowest BCUT2D eigenvalue weighted by molar-refractivity contribution is -0.121. The van der Waals surface area contributed by atoms with E-state index in [-0.39, 0.29) is 37.4 Å². The van der Waals surface area contributed by atoms with Crippen molar-refractivity contribution in [2.75, 3.05) is 17.0 Å². The van der Waals surface area contributed by atoms with Gasteiger partial charge in [0.2, 0.25) is 18.6 Å². The number of nitrogens with one attached hydrogen (secondary N) is 1. The van der Waals surface area contributed by atoms with Crippen LogP contribution in [0, 0.1) is 0 Å². The molecule has 150 valence electrons. The minimum Gasteiger partial charge on any atom is -0.454 e. The number of fused-ring (bicyclic) bond motifs is 1. The van der Waals surface area contributed by atoms with Gasteiger partial charge in [0, 0.05) is 29.3 Å². The topological polar surface area (TPSA) is 97.8 Å². The molecule has 0 aliphatic carbocycles. The van der Waals surface area contributed by atoms with E-state index in [9.17, 15) is 14.4 Å². The molecule has 8 nitrogen and oxygen atoms in total. The zero-order valence-electron chi connectivity index (χ0n) is 15.6. The number of rotatable bonds is 4. The number of hydrogen-bond donors (Lipinski definition) is 1. The molecule has 1 saturated heterocycles. The Kier molecular flexibility index (Phi) is 4.44. The molecule has 2 aliphatic rings. The van der Waals surface area contributed by atoms with E-state index in [1.165, 1.54) is 11.3 Å². The summed E-state index contributed by atoms with van der Waals surface area (Å²) in [5.74, 6) is 0.587. The van der Waals surface area contributed by atoms with Gasteiger partial charge in [-0.1, -0.05) is 0 Å². The van der Waals surface area contributed by atoms with Gasteiger partial charge in [-0.3, -0.25) is 24.6 Å². The van der Waals surface area contributed by atoms with Crippen LogP contribution >= 0.6 is 11.3 Å². The van der Waals surface area contributed by atoms with Gasteiger partial charge >= 0.3 is 0 Å². The largest absolute Gasteiger partial charge is 0.454 e. The van der Waals surface area contributed by atoms with E-state index in [1.54, 1.807) is 24.3 Å². The molecule has 2 aromatic carbocycles. The lowest BCUT2D eigenvalue weighted by Crippen LogP contribution is -2.28. The SMILES string of the molecule is O=C(Nc1nc(-c2ccc3c(c2)OCO3)cs1)c1ccc(N2C(=O)CCC2=O)cc1. The van der Waals surface area contributed by atoms with Crippen LogP contribution in [0.5, 0.6) is 11.5 Å². The molecule has 1 N–H and O–H groups in total. The highest BCUT2D eigenvalue weighted by molar-refractivity contribution is 7.14. The molecular weight excluding hydrogens is 406 g/mol. The maximum Gasteiger partial charge on any atom is 0.257 e. The molecule has 0 bridgehead atoms. The van der Waals surface area contributed by atoms with Crippen molar-refractivity contribution in [3.63, 3.8) is 0 Å². The normalized spacial score (nSPS) is 15.0. The molecule has 3 amide bonds. The Labute approximate surface area is 175 Å². The summed E-state index contributed by atoms with van der Waals surface area (Å²) in [6.07, 6.45) is 0.438. The fourth-order valence-corrected chi connectivity index (χ4v) is 4.03. The molecule has 3 aromatic rings. The summed E-state index contributed by atoms with van der Waals surface area (Å²) in [6, 6.07) is 11.9. The van der Waals surface area contributed by atoms with Crippen molar-refractivity contribution in [2.45, 2.75) is 12.8 Å². The Morgan fingerprint density at radius 3 is 2.50 bits per heavy atom. The minimum absolute atomic E-state index is 0.204. The number of nitrogens with zero attached hydrogens (tertiary/aromatic N) is 2. The molecule has 30 heavy (non-hydrogen) atoms. The van der Waals surface area contributed by atoms with E-state index in [0.29, 0.717) is 27.9 Å². The average Bonchev–Trinajstić information content (AvgIpc) is 3.48. The summed E-state index contributed by atoms with van der Waals surface area (Å²) in [6.45, 7) is 0.204. The highest BCUT2D eigenvalue weighted by Gasteiger charge is 2.30. The minimum atomic E-state index is -0.327. The van der Waals surface area contributed by atoms with Gasteiger partial charge < -0.3 is 9.47 Å². The summed E-state index contributed by atoms with van der Waals surface area (Å²) in [5, 5.41) is 5.08. The lowest BCUT2D eigenvalue weighted by atomic mass is 10.1. The molecule has 0 radical (unpaired) electrons. The van der Waals surface area contributed by atoms with E-state index in [4.69, 9.17) is 9.47 Å². The molecule has 0 spiro atoms. The third-order valence-electron chi connectivity index (χ3n) is 4.83. The summed E-state index contributed by atoms with van der Waals surface area (Å²) in [7, 11) is 0. The van der Waals surface area contributed by atoms with Crippen LogP contribution in [-0.4, -0.2) is 29.5 Å². The predicted octanol–water partition coefficient (Wildman–Crippen LogP) is 3.44. The van der Waals surface area contributed by atoms with Gasteiger partial charge in [-0.25, -0.2) is 4.98 Å². The van der Waals surface area contributed by atoms with E-state index in [1.807, 2.05) is 23.6 Å². The van der Waals surface area contributed by atoms with E-state index in [2.05, 4.69) is 10.3 Å². The molecule has 0 saturated carbocycles. The number of carbonyl (C=O) groups excluding carboxylic acids is 3. The zero-order valence-corrected chi connectivity index (χ0v) is 16.4. The van der Waals surface area contributed by atoms with Crippen LogP contribution in [0.2, 0.25) is 0 Å². The van der Waals surface area contributed by atoms with Crippen molar-refractivity contribution in [2.24, 2.45) is 0 Å². The highest BCUT2D eigenvalue weighted by atomic mass is 32.1. The van der Waals surface area contributed by atoms with Crippen molar-refractivity contribution in [1.82, 2.24) is 4.98 Å². The quantitative estimate of drug-likeness (QED) is 0.648. The fourth-order valence-electron chi connectivity index (χ4n) is 3.32. The first-order chi connectivity index (χ1) is 14.6. The molecule has 1 aromatic heterocycles. The summed E-state index contributed by atoms with van der Waals surface area (Å²) >= 11 is 1.31. The summed E-state index contributed by atoms with van der Waals surface area (Å²) in [5.41, 5.74) is 2.45. The first-order valence-electron chi connectivity index (χ1n) is 9.21. The Bertz CT molecular complexity index is 1160. The van der Waals surface area contributed by atoms with Crippen molar-refractivity contribution < 1.29 is 23.9 Å². The number of hydrogen-bond acceptors (Lipinski definition) is 7. The van der Waals surface area contributed by atoms with Crippen molar-refractivity contribution in [3.8, 4) is 22.8 Å². The van der Waals surface area contributed by atoms with Crippen LogP contribution < -0.4 is 19.7 Å². The number of imide groups is 1. The highest BCUT2D eigenvalue weighted by Crippen LogP contribution is 2.36. The van der Waals surface area contributed by atoms with Crippen LogP contribution in [0.15, 0.2) is 47.8 Å². The van der Waals surface area contributed by atoms with Gasteiger partial charge in [0.05, 0.1) is 11.4 Å². The number of amides is 3.